The van der Waals surface area contributed by atoms with Crippen molar-refractivity contribution >= 4 is 29.1 Å². The second-order valence-electron chi connectivity index (χ2n) is 15.9. The Hall–Kier alpha value is -3.36. The molecule has 3 N–H and O–H groups in total. The van der Waals surface area contributed by atoms with Gasteiger partial charge in [0.15, 0.2) is 5.82 Å². The van der Waals surface area contributed by atoms with E-state index in [9.17, 15) is 5.11 Å². The fourth-order valence-corrected chi connectivity index (χ4v) is 6.58. The van der Waals surface area contributed by atoms with E-state index in [0.29, 0.717) is 40.9 Å². The van der Waals surface area contributed by atoms with Crippen LogP contribution in [0.4, 0.5) is 10.2 Å². The van der Waals surface area contributed by atoms with Crippen molar-refractivity contribution in [3.05, 3.63) is 63.5 Å². The van der Waals surface area contributed by atoms with E-state index in [1.807, 2.05) is 48.3 Å². The molecule has 2 aliphatic rings. The molecule has 1 aromatic carbocycles. The number of aromatic nitrogens is 2. The molecular weight excluding hydrogens is 700 g/mol. The Morgan fingerprint density at radius 1 is 0.946 bits per heavy atom. The highest BCUT2D eigenvalue weighted by Crippen LogP contribution is 2.47. The first-order valence-corrected chi connectivity index (χ1v) is 21.3. The van der Waals surface area contributed by atoms with Crippen molar-refractivity contribution in [1.82, 2.24) is 9.97 Å². The minimum absolute atomic E-state index is 0.117. The summed E-state index contributed by atoms with van der Waals surface area (Å²) in [4.78, 5) is 20.1. The van der Waals surface area contributed by atoms with Gasteiger partial charge in [-0.25, -0.2) is 4.39 Å². The molecule has 2 atom stereocenters. The lowest BCUT2D eigenvalue weighted by Crippen LogP contribution is -2.36. The molecule has 4 rings (SSSR count). The third kappa shape index (κ3) is 13.6. The van der Waals surface area contributed by atoms with Gasteiger partial charge in [0, 0.05) is 23.1 Å². The fraction of sp³-hybridized carbons (Fsp3) is 0.646. The zero-order chi connectivity index (χ0) is 43.5. The molecule has 2 heterocycles. The van der Waals surface area contributed by atoms with Gasteiger partial charge in [-0.2, -0.15) is 9.97 Å². The third-order valence-electron chi connectivity index (χ3n) is 11.1. The number of nitrogens with two attached hydrogens (primary N) is 1. The zero-order valence-corrected chi connectivity index (χ0v) is 38.4. The maximum atomic E-state index is 17.3. The van der Waals surface area contributed by atoms with Crippen LogP contribution in [0.15, 0.2) is 41.0 Å². The summed E-state index contributed by atoms with van der Waals surface area (Å²) in [6, 6.07) is 0.753. The summed E-state index contributed by atoms with van der Waals surface area (Å²) in [7, 11) is 0. The lowest BCUT2D eigenvalue weighted by Gasteiger charge is -2.33. The monoisotopic (exact) mass is 781 g/mol. The maximum Gasteiger partial charge on any atom is 0.319 e. The van der Waals surface area contributed by atoms with Gasteiger partial charge in [-0.15, -0.1) is 0 Å². The van der Waals surface area contributed by atoms with E-state index < -0.39 is 5.82 Å². The summed E-state index contributed by atoms with van der Waals surface area (Å²) in [5.74, 6) is 1.13. The topological polar surface area (TPSA) is 102 Å². The fourth-order valence-electron chi connectivity index (χ4n) is 6.58. The number of halogens is 1. The van der Waals surface area contributed by atoms with E-state index in [1.54, 1.807) is 0 Å². The number of carbonyl (C=O) groups is 1. The summed E-state index contributed by atoms with van der Waals surface area (Å²) in [5, 5.41) is 11.6. The molecule has 1 aromatic heterocycles. The van der Waals surface area contributed by atoms with Crippen molar-refractivity contribution < 1.29 is 19.0 Å². The number of hydrogen-bond donors (Lipinski definition) is 2. The Morgan fingerprint density at radius 3 is 1.80 bits per heavy atom. The molecule has 1 saturated carbocycles. The molecule has 2 unspecified atom stereocenters. The quantitative estimate of drug-likeness (QED) is 0.184. The van der Waals surface area contributed by atoms with Crippen LogP contribution in [0.25, 0.3) is 16.5 Å². The van der Waals surface area contributed by atoms with Crippen LogP contribution >= 0.6 is 0 Å². The normalized spacial score (nSPS) is 16.8. The Kier molecular flexibility index (Phi) is 24.3. The summed E-state index contributed by atoms with van der Waals surface area (Å²) in [6.45, 7) is 43.2. The molecule has 1 aliphatic heterocycles. The van der Waals surface area contributed by atoms with Crippen LogP contribution in [0.5, 0.6) is 6.01 Å². The average Bonchev–Trinajstić information content (AvgIpc) is 3.80. The largest absolute Gasteiger partial charge is 0.463 e. The summed E-state index contributed by atoms with van der Waals surface area (Å²) < 4.78 is 23.5. The number of benzene rings is 1. The second-order valence-corrected chi connectivity index (χ2v) is 15.9. The number of hydrogen-bond acceptors (Lipinski definition) is 7. The van der Waals surface area contributed by atoms with Crippen molar-refractivity contribution in [1.29, 1.82) is 0 Å². The summed E-state index contributed by atoms with van der Waals surface area (Å²) in [6.07, 6.45) is 9.15. The molecule has 318 valence electrons. The Morgan fingerprint density at radius 2 is 1.45 bits per heavy atom. The number of rotatable bonds is 14. The standard InChI is InChI=1S/C37H52FN3O2.C5H12.C3H9N.C2H6.CH2O/c1-12-26-15-16-27(13-2)41(26)35-32-29(19-42)28(14-3)31(25(10)30(23(8)21(4)5)24(9)22(6)7)33(38)34(32)39-36(40-35)43-20-37(11)17-18-37;1-4-5(2)3;1-2-3-4;2*1-2/h26-27,42H,4,10,12-20H2,1-3,5-9,11H3;5H,4H2,1-3H3;2-4H2,1H3;1-2H3;1H2/b30-23-;;;;. The van der Waals surface area contributed by atoms with Gasteiger partial charge in [0.25, 0.3) is 0 Å². The number of aliphatic hydroxyl groups excluding tert-OH is 1. The van der Waals surface area contributed by atoms with Gasteiger partial charge in [0.2, 0.25) is 0 Å². The van der Waals surface area contributed by atoms with Crippen LogP contribution in [0.1, 0.15) is 172 Å². The van der Waals surface area contributed by atoms with Gasteiger partial charge in [-0.1, -0.05) is 100.0 Å². The highest BCUT2D eigenvalue weighted by atomic mass is 19.1. The highest BCUT2D eigenvalue weighted by molar-refractivity contribution is 5.99. The van der Waals surface area contributed by atoms with Crippen molar-refractivity contribution in [3.8, 4) is 6.01 Å². The van der Waals surface area contributed by atoms with Crippen molar-refractivity contribution in [3.63, 3.8) is 0 Å². The lowest BCUT2D eigenvalue weighted by molar-refractivity contribution is -0.0980. The molecule has 7 nitrogen and oxygen atoms in total. The van der Waals surface area contributed by atoms with Gasteiger partial charge < -0.3 is 25.3 Å². The summed E-state index contributed by atoms with van der Waals surface area (Å²) in [5.41, 5.74) is 12.6. The number of nitrogens with zero attached hydrogens (tertiary/aromatic N) is 3. The van der Waals surface area contributed by atoms with Gasteiger partial charge in [-0.05, 0) is 132 Å². The number of fused-ring (bicyclic) bond motifs is 1. The molecule has 0 amide bonds. The van der Waals surface area contributed by atoms with Crippen molar-refractivity contribution in [2.24, 2.45) is 17.1 Å². The molecule has 2 aromatic rings. The molecule has 1 saturated heterocycles. The van der Waals surface area contributed by atoms with E-state index in [0.717, 1.165) is 90.8 Å². The number of anilines is 1. The molecule has 1 aliphatic carbocycles. The first-order chi connectivity index (χ1) is 26.5. The zero-order valence-electron chi connectivity index (χ0n) is 38.4. The van der Waals surface area contributed by atoms with Gasteiger partial charge >= 0.3 is 6.01 Å². The molecule has 0 spiro atoms. The predicted octanol–water partition coefficient (Wildman–Crippen LogP) is 12.7. The first-order valence-electron chi connectivity index (χ1n) is 21.3. The van der Waals surface area contributed by atoms with E-state index in [-0.39, 0.29) is 35.6 Å². The smallest absolute Gasteiger partial charge is 0.319 e. The minimum Gasteiger partial charge on any atom is -0.463 e. The van der Waals surface area contributed by atoms with E-state index >= 15 is 4.39 Å². The molecular formula is C48H81FN4O3. The number of aliphatic hydroxyl groups is 1. The van der Waals surface area contributed by atoms with Gasteiger partial charge in [0.05, 0.1) is 18.6 Å². The second kappa shape index (κ2) is 25.8. The third-order valence-corrected chi connectivity index (χ3v) is 11.1. The SMILES string of the molecule is C=C(C)/C(C)=C(\C(=C)c1c(CC)c(CO)c2c(N3C(CC)CCC3CC)nc(OCC3(C)CC3)nc2c1F)C(C)=C(C)C.C=O.CC.CCC(C)C.CCCN. The number of allylic oxidation sites excluding steroid dienone is 6. The van der Waals surface area contributed by atoms with Crippen LogP contribution in [-0.4, -0.2) is 47.1 Å². The van der Waals surface area contributed by atoms with E-state index in [1.165, 1.54) is 6.42 Å². The first kappa shape index (κ1) is 52.6. The number of carbonyl (C=O) groups excluding carboxylic acids is 1. The molecule has 56 heavy (non-hydrogen) atoms. The Balaban J connectivity index is 0.00000204. The van der Waals surface area contributed by atoms with E-state index in [2.05, 4.69) is 80.4 Å². The van der Waals surface area contributed by atoms with Gasteiger partial charge in [-0.3, -0.25) is 0 Å². The van der Waals surface area contributed by atoms with Crippen LogP contribution in [0, 0.1) is 17.2 Å². The molecule has 0 radical (unpaired) electrons. The lowest BCUT2D eigenvalue weighted by atomic mass is 9.82. The minimum atomic E-state index is -0.436. The summed E-state index contributed by atoms with van der Waals surface area (Å²) >= 11 is 0. The van der Waals surface area contributed by atoms with E-state index in [4.69, 9.17) is 25.2 Å². The Bertz CT molecular complexity index is 1600. The Labute approximate surface area is 342 Å². The van der Waals surface area contributed by atoms with Crippen molar-refractivity contribution in [2.45, 2.75) is 180 Å². The average molecular weight is 781 g/mol. The van der Waals surface area contributed by atoms with Crippen molar-refractivity contribution in [2.75, 3.05) is 18.1 Å². The van der Waals surface area contributed by atoms with Crippen LogP contribution in [0.2, 0.25) is 0 Å². The highest BCUT2D eigenvalue weighted by Gasteiger charge is 2.39. The molecule has 8 heteroatoms. The van der Waals surface area contributed by atoms with Gasteiger partial charge in [0.1, 0.15) is 18.1 Å². The van der Waals surface area contributed by atoms with Crippen LogP contribution in [-0.2, 0) is 17.8 Å². The number of ether oxygens (including phenoxy) is 1. The predicted molar refractivity (Wildman–Crippen MR) is 241 cm³/mol. The van der Waals surface area contributed by atoms with Crippen LogP contribution < -0.4 is 15.4 Å². The maximum absolute atomic E-state index is 17.3. The molecule has 2 fully saturated rings. The molecule has 0 bridgehead atoms. The van der Waals surface area contributed by atoms with Crippen LogP contribution in [0.3, 0.4) is 0 Å².